The molecule has 0 aliphatic heterocycles. The van der Waals surface area contributed by atoms with E-state index in [1.165, 1.54) is 36.9 Å². The Kier molecular flexibility index (Phi) is 7.12. The van der Waals surface area contributed by atoms with Crippen LogP contribution in [-0.2, 0) is 21.2 Å². The fourth-order valence-electron chi connectivity index (χ4n) is 2.73. The molecule has 1 N–H and O–H groups in total. The normalized spacial score (nSPS) is 12.8. The van der Waals surface area contributed by atoms with Gasteiger partial charge < -0.3 is 9.64 Å². The van der Waals surface area contributed by atoms with E-state index >= 15 is 0 Å². The van der Waals surface area contributed by atoms with E-state index in [1.807, 2.05) is 31.1 Å². The number of rotatable bonds is 8. The average Bonchev–Trinajstić information content (AvgIpc) is 2.67. The summed E-state index contributed by atoms with van der Waals surface area (Å²) in [6.07, 6.45) is 0.959. The van der Waals surface area contributed by atoms with Gasteiger partial charge in [-0.25, -0.2) is 17.9 Å². The fourth-order valence-corrected chi connectivity index (χ4v) is 3.77. The van der Waals surface area contributed by atoms with Crippen LogP contribution in [0.15, 0.2) is 53.4 Å². The molecular weight excluding hydrogens is 364 g/mol. The smallest absolute Gasteiger partial charge is 0.337 e. The van der Waals surface area contributed by atoms with Crippen LogP contribution in [0.5, 0.6) is 0 Å². The summed E-state index contributed by atoms with van der Waals surface area (Å²) in [6.45, 7) is 2.33. The van der Waals surface area contributed by atoms with E-state index < -0.39 is 16.0 Å². The lowest BCUT2D eigenvalue weighted by molar-refractivity contribution is 0.0600. The number of methoxy groups -OCH3 is 1. The van der Waals surface area contributed by atoms with E-state index in [-0.39, 0.29) is 17.5 Å². The molecule has 0 bridgehead atoms. The van der Waals surface area contributed by atoms with Crippen LogP contribution >= 0.6 is 0 Å². The number of nitrogens with zero attached hydrogens (tertiary/aromatic N) is 1. The molecule has 0 fully saturated rings. The highest BCUT2D eigenvalue weighted by molar-refractivity contribution is 7.89. The summed E-state index contributed by atoms with van der Waals surface area (Å²) < 4.78 is 32.5. The van der Waals surface area contributed by atoms with Gasteiger partial charge >= 0.3 is 5.97 Å². The first-order valence-corrected chi connectivity index (χ1v) is 10.2. The Bertz CT molecular complexity index is 860. The van der Waals surface area contributed by atoms with Crippen LogP contribution in [0.25, 0.3) is 0 Å². The molecule has 0 saturated carbocycles. The highest BCUT2D eigenvalue weighted by atomic mass is 32.2. The van der Waals surface area contributed by atoms with Gasteiger partial charge in [0.1, 0.15) is 0 Å². The number of nitrogens with one attached hydrogen (secondary N) is 1. The molecule has 0 saturated heterocycles. The number of carbonyl (C=O) groups is 1. The molecule has 0 radical (unpaired) electrons. The van der Waals surface area contributed by atoms with Crippen LogP contribution < -0.4 is 4.72 Å². The van der Waals surface area contributed by atoms with Crippen molar-refractivity contribution in [3.8, 4) is 0 Å². The highest BCUT2D eigenvalue weighted by Gasteiger charge is 2.20. The van der Waals surface area contributed by atoms with E-state index in [0.717, 1.165) is 12.0 Å². The lowest BCUT2D eigenvalue weighted by atomic mass is 10.0. The molecule has 0 aromatic heterocycles. The van der Waals surface area contributed by atoms with Gasteiger partial charge in [0.05, 0.1) is 17.6 Å². The maximum Gasteiger partial charge on any atom is 0.337 e. The van der Waals surface area contributed by atoms with Crippen LogP contribution in [0.1, 0.15) is 34.5 Å². The first kappa shape index (κ1) is 21.1. The lowest BCUT2D eigenvalue weighted by Gasteiger charge is -2.25. The zero-order valence-corrected chi connectivity index (χ0v) is 16.9. The Hall–Kier alpha value is -2.22. The Labute approximate surface area is 161 Å². The summed E-state index contributed by atoms with van der Waals surface area (Å²) in [5.41, 5.74) is 2.59. The van der Waals surface area contributed by atoms with Gasteiger partial charge in [0, 0.05) is 12.6 Å². The number of likely N-dealkylation sites (N-methyl/N-ethyl adjacent to an activating group) is 1. The van der Waals surface area contributed by atoms with Crippen molar-refractivity contribution >= 4 is 16.0 Å². The minimum absolute atomic E-state index is 0.0972. The van der Waals surface area contributed by atoms with Crippen molar-refractivity contribution in [2.75, 3.05) is 27.7 Å². The number of aryl methyl sites for hydroxylation is 1. The lowest BCUT2D eigenvalue weighted by Crippen LogP contribution is -2.34. The molecule has 0 aliphatic carbocycles. The number of esters is 1. The molecule has 1 atom stereocenters. The molecule has 6 nitrogen and oxygen atoms in total. The van der Waals surface area contributed by atoms with Crippen molar-refractivity contribution < 1.29 is 17.9 Å². The van der Waals surface area contributed by atoms with E-state index in [9.17, 15) is 13.2 Å². The first-order valence-electron chi connectivity index (χ1n) is 8.71. The SMILES string of the molecule is CCc1ccc([C@H](CNS(=O)(=O)c2ccc(C(=O)OC)cc2)N(C)C)cc1. The van der Waals surface area contributed by atoms with Gasteiger partial charge in [-0.2, -0.15) is 0 Å². The molecular formula is C20H26N2O4S. The van der Waals surface area contributed by atoms with E-state index in [1.54, 1.807) is 0 Å². The van der Waals surface area contributed by atoms with Crippen LogP contribution in [0.3, 0.4) is 0 Å². The number of sulfonamides is 1. The van der Waals surface area contributed by atoms with Gasteiger partial charge in [-0.3, -0.25) is 0 Å². The molecule has 0 heterocycles. The zero-order valence-electron chi connectivity index (χ0n) is 16.1. The predicted molar refractivity (Wildman–Crippen MR) is 105 cm³/mol. The van der Waals surface area contributed by atoms with E-state index in [2.05, 4.69) is 28.5 Å². The van der Waals surface area contributed by atoms with Crippen LogP contribution in [-0.4, -0.2) is 47.0 Å². The molecule has 0 aliphatic rings. The van der Waals surface area contributed by atoms with Crippen molar-refractivity contribution in [3.05, 3.63) is 65.2 Å². The van der Waals surface area contributed by atoms with Gasteiger partial charge in [0.2, 0.25) is 10.0 Å². The minimum Gasteiger partial charge on any atom is -0.465 e. The molecule has 27 heavy (non-hydrogen) atoms. The number of hydrogen-bond acceptors (Lipinski definition) is 5. The zero-order chi connectivity index (χ0) is 20.0. The summed E-state index contributed by atoms with van der Waals surface area (Å²) in [7, 11) is 1.42. The topological polar surface area (TPSA) is 75.7 Å². The number of ether oxygens (including phenoxy) is 1. The maximum atomic E-state index is 12.6. The number of benzene rings is 2. The van der Waals surface area contributed by atoms with Crippen LogP contribution in [0.2, 0.25) is 0 Å². The van der Waals surface area contributed by atoms with Gasteiger partial charge in [-0.05, 0) is 55.9 Å². The molecule has 146 valence electrons. The van der Waals surface area contributed by atoms with Crippen LogP contribution in [0, 0.1) is 0 Å². The minimum atomic E-state index is -3.69. The summed E-state index contributed by atoms with van der Waals surface area (Å²) >= 11 is 0. The number of carbonyl (C=O) groups excluding carboxylic acids is 1. The van der Waals surface area contributed by atoms with Crippen molar-refractivity contribution in [1.82, 2.24) is 9.62 Å². The monoisotopic (exact) mass is 390 g/mol. The van der Waals surface area contributed by atoms with E-state index in [0.29, 0.717) is 5.56 Å². The van der Waals surface area contributed by atoms with Gasteiger partial charge in [-0.15, -0.1) is 0 Å². The molecule has 2 rings (SSSR count). The summed E-state index contributed by atoms with van der Waals surface area (Å²) in [4.78, 5) is 13.6. The first-order chi connectivity index (χ1) is 12.8. The van der Waals surface area contributed by atoms with Crippen molar-refractivity contribution in [2.24, 2.45) is 0 Å². The van der Waals surface area contributed by atoms with Crippen molar-refractivity contribution in [1.29, 1.82) is 0 Å². The molecule has 0 unspecified atom stereocenters. The third kappa shape index (κ3) is 5.38. The van der Waals surface area contributed by atoms with Crippen LogP contribution in [0.4, 0.5) is 0 Å². The van der Waals surface area contributed by atoms with Gasteiger partial charge in [0.15, 0.2) is 0 Å². The predicted octanol–water partition coefficient (Wildman–Crippen LogP) is 2.62. The molecule has 0 spiro atoms. The largest absolute Gasteiger partial charge is 0.465 e. The van der Waals surface area contributed by atoms with E-state index in [4.69, 9.17) is 0 Å². The van der Waals surface area contributed by atoms with Crippen molar-refractivity contribution in [3.63, 3.8) is 0 Å². The Balaban J connectivity index is 2.14. The summed E-state index contributed by atoms with van der Waals surface area (Å²) in [5.74, 6) is -0.505. The van der Waals surface area contributed by atoms with Crippen molar-refractivity contribution in [2.45, 2.75) is 24.3 Å². The molecule has 7 heteroatoms. The second kappa shape index (κ2) is 9.12. The van der Waals surface area contributed by atoms with Gasteiger partial charge in [-0.1, -0.05) is 31.2 Å². The maximum absolute atomic E-state index is 12.6. The van der Waals surface area contributed by atoms with Gasteiger partial charge in [0.25, 0.3) is 0 Å². The summed E-state index contributed by atoms with van der Waals surface area (Å²) in [5, 5.41) is 0. The molecule has 2 aromatic rings. The Morgan fingerprint density at radius 2 is 1.67 bits per heavy atom. The summed E-state index contributed by atoms with van der Waals surface area (Å²) in [6, 6.07) is 13.8. The second-order valence-electron chi connectivity index (χ2n) is 6.44. The standard InChI is InChI=1S/C20H26N2O4S/c1-5-15-6-8-16(9-7-15)19(22(2)3)14-21-27(24,25)18-12-10-17(11-13-18)20(23)26-4/h6-13,19,21H,5,14H2,1-4H3/t19-/m0/s1. The second-order valence-corrected chi connectivity index (χ2v) is 8.21. The quantitative estimate of drug-likeness (QED) is 0.701. The third-order valence-corrected chi connectivity index (χ3v) is 5.89. The highest BCUT2D eigenvalue weighted by Crippen LogP contribution is 2.20. The Morgan fingerprint density at radius 1 is 1.07 bits per heavy atom. The molecule has 0 amide bonds. The Morgan fingerprint density at radius 3 is 2.15 bits per heavy atom. The average molecular weight is 391 g/mol. The fraction of sp³-hybridized carbons (Fsp3) is 0.350. The number of hydrogen-bond donors (Lipinski definition) is 1. The third-order valence-electron chi connectivity index (χ3n) is 4.45. The molecule has 2 aromatic carbocycles.